The van der Waals surface area contributed by atoms with E-state index in [4.69, 9.17) is 44.9 Å². The molecule has 0 bridgehead atoms. The molecule has 0 atom stereocenters. The fourth-order valence-electron chi connectivity index (χ4n) is 3.02. The number of ether oxygens (including phenoxy) is 2. The maximum Gasteiger partial charge on any atom is 0.261 e. The van der Waals surface area contributed by atoms with Crippen molar-refractivity contribution in [2.24, 2.45) is 0 Å². The Bertz CT molecular complexity index is 1270. The van der Waals surface area contributed by atoms with Gasteiger partial charge in [0.1, 0.15) is 0 Å². The molecule has 0 amide bonds. The standard InChI is InChI=1S/C23H23Cl2N3O4S2/c1-31-21-10-3-15(13-22(21)32-2)11-12-26-23(33)27-16-4-7-18(8-5-16)34(29,30)28-17-6-9-19(24)20(25)14-17/h3-10,13-14,28H,11-12H2,1-2H3,(H2,26,27,33). The van der Waals surface area contributed by atoms with Gasteiger partial charge in [0.25, 0.3) is 10.0 Å². The first-order valence-corrected chi connectivity index (χ1v) is 12.7. The van der Waals surface area contributed by atoms with Gasteiger partial charge in [-0.2, -0.15) is 0 Å². The number of rotatable bonds is 9. The Balaban J connectivity index is 1.53. The van der Waals surface area contributed by atoms with Gasteiger partial charge < -0.3 is 20.1 Å². The molecule has 180 valence electrons. The molecule has 0 aromatic heterocycles. The lowest BCUT2D eigenvalue weighted by Gasteiger charge is -2.13. The van der Waals surface area contributed by atoms with Crippen molar-refractivity contribution in [3.63, 3.8) is 0 Å². The van der Waals surface area contributed by atoms with Crippen molar-refractivity contribution in [2.45, 2.75) is 11.3 Å². The molecular formula is C23H23Cl2N3O4S2. The smallest absolute Gasteiger partial charge is 0.261 e. The minimum atomic E-state index is -3.79. The van der Waals surface area contributed by atoms with Crippen molar-refractivity contribution >= 4 is 61.9 Å². The van der Waals surface area contributed by atoms with Crippen LogP contribution in [0.5, 0.6) is 11.5 Å². The van der Waals surface area contributed by atoms with E-state index < -0.39 is 10.0 Å². The topological polar surface area (TPSA) is 88.7 Å². The lowest BCUT2D eigenvalue weighted by atomic mass is 10.1. The predicted octanol–water partition coefficient (Wildman–Crippen LogP) is 5.34. The summed E-state index contributed by atoms with van der Waals surface area (Å²) in [5, 5.41) is 7.19. The molecule has 7 nitrogen and oxygen atoms in total. The Kier molecular flexibility index (Phi) is 8.84. The van der Waals surface area contributed by atoms with Crippen LogP contribution < -0.4 is 24.8 Å². The molecule has 0 heterocycles. The molecule has 0 aliphatic heterocycles. The van der Waals surface area contributed by atoms with Gasteiger partial charge in [0.05, 0.1) is 34.8 Å². The van der Waals surface area contributed by atoms with Crippen molar-refractivity contribution in [1.82, 2.24) is 5.32 Å². The summed E-state index contributed by atoms with van der Waals surface area (Å²) in [4.78, 5) is 0.0939. The molecule has 0 radical (unpaired) electrons. The molecular weight excluding hydrogens is 517 g/mol. The third-order valence-electron chi connectivity index (χ3n) is 4.74. The molecule has 34 heavy (non-hydrogen) atoms. The highest BCUT2D eigenvalue weighted by Crippen LogP contribution is 2.28. The maximum atomic E-state index is 12.6. The fraction of sp³-hybridized carbons (Fsp3) is 0.174. The maximum absolute atomic E-state index is 12.6. The third-order valence-corrected chi connectivity index (χ3v) is 7.12. The number of benzene rings is 3. The van der Waals surface area contributed by atoms with Crippen LogP contribution in [0, 0.1) is 0 Å². The number of thiocarbonyl (C=S) groups is 1. The minimum Gasteiger partial charge on any atom is -0.493 e. The van der Waals surface area contributed by atoms with Crippen LogP contribution in [0.2, 0.25) is 10.0 Å². The van der Waals surface area contributed by atoms with Crippen LogP contribution >= 0.6 is 35.4 Å². The van der Waals surface area contributed by atoms with E-state index in [0.29, 0.717) is 39.6 Å². The molecule has 0 unspecified atom stereocenters. The van der Waals surface area contributed by atoms with E-state index in [1.54, 1.807) is 26.4 Å². The lowest BCUT2D eigenvalue weighted by molar-refractivity contribution is 0.354. The van der Waals surface area contributed by atoms with Crippen LogP contribution in [-0.2, 0) is 16.4 Å². The zero-order valence-electron chi connectivity index (χ0n) is 18.4. The Morgan fingerprint density at radius 1 is 0.882 bits per heavy atom. The van der Waals surface area contributed by atoms with Crippen LogP contribution in [-0.4, -0.2) is 34.3 Å². The largest absolute Gasteiger partial charge is 0.493 e. The van der Waals surface area contributed by atoms with Gasteiger partial charge >= 0.3 is 0 Å². The number of methoxy groups -OCH3 is 2. The van der Waals surface area contributed by atoms with Gasteiger partial charge in [0, 0.05) is 12.2 Å². The third kappa shape index (κ3) is 6.89. The van der Waals surface area contributed by atoms with E-state index in [1.807, 2.05) is 18.2 Å². The van der Waals surface area contributed by atoms with Gasteiger partial charge in [-0.1, -0.05) is 29.3 Å². The Morgan fingerprint density at radius 3 is 2.21 bits per heavy atom. The summed E-state index contributed by atoms with van der Waals surface area (Å²) in [6, 6.07) is 16.5. The predicted molar refractivity (Wildman–Crippen MR) is 141 cm³/mol. The van der Waals surface area contributed by atoms with Crippen molar-refractivity contribution in [3.8, 4) is 11.5 Å². The SMILES string of the molecule is COc1ccc(CCNC(=S)Nc2ccc(S(=O)(=O)Nc3ccc(Cl)c(Cl)c3)cc2)cc1OC. The number of anilines is 2. The summed E-state index contributed by atoms with van der Waals surface area (Å²) >= 11 is 17.2. The summed E-state index contributed by atoms with van der Waals surface area (Å²) in [6.07, 6.45) is 0.722. The van der Waals surface area contributed by atoms with Crippen LogP contribution in [0.1, 0.15) is 5.56 Å². The number of halogens is 2. The van der Waals surface area contributed by atoms with Gasteiger partial charge in [-0.3, -0.25) is 4.72 Å². The molecule has 0 aliphatic rings. The first kappa shape index (κ1) is 25.9. The van der Waals surface area contributed by atoms with Crippen LogP contribution in [0.4, 0.5) is 11.4 Å². The van der Waals surface area contributed by atoms with E-state index in [2.05, 4.69) is 15.4 Å². The van der Waals surface area contributed by atoms with E-state index in [1.165, 1.54) is 30.3 Å². The molecule has 3 rings (SSSR count). The average molecular weight is 540 g/mol. The van der Waals surface area contributed by atoms with Crippen LogP contribution in [0.15, 0.2) is 65.6 Å². The van der Waals surface area contributed by atoms with Gasteiger partial charge in [-0.25, -0.2) is 8.42 Å². The van der Waals surface area contributed by atoms with Crippen molar-refractivity contribution < 1.29 is 17.9 Å². The Labute approximate surface area is 214 Å². The summed E-state index contributed by atoms with van der Waals surface area (Å²) in [5.41, 5.74) is 2.03. The molecule has 0 saturated heterocycles. The van der Waals surface area contributed by atoms with Gasteiger partial charge in [-0.05, 0) is 78.8 Å². The average Bonchev–Trinajstić information content (AvgIpc) is 2.81. The summed E-state index contributed by atoms with van der Waals surface area (Å²) in [5.74, 6) is 1.35. The van der Waals surface area contributed by atoms with E-state index in [-0.39, 0.29) is 9.92 Å². The monoisotopic (exact) mass is 539 g/mol. The number of nitrogens with one attached hydrogen (secondary N) is 3. The highest BCUT2D eigenvalue weighted by molar-refractivity contribution is 7.92. The zero-order chi connectivity index (χ0) is 24.7. The molecule has 0 fully saturated rings. The summed E-state index contributed by atoms with van der Waals surface area (Å²) < 4.78 is 38.3. The molecule has 3 aromatic rings. The molecule has 11 heteroatoms. The van der Waals surface area contributed by atoms with E-state index >= 15 is 0 Å². The van der Waals surface area contributed by atoms with Crippen molar-refractivity contribution in [1.29, 1.82) is 0 Å². The Morgan fingerprint density at radius 2 is 1.56 bits per heavy atom. The van der Waals surface area contributed by atoms with Gasteiger partial charge in [-0.15, -0.1) is 0 Å². The number of hydrogen-bond acceptors (Lipinski definition) is 5. The first-order chi connectivity index (χ1) is 16.2. The second kappa shape index (κ2) is 11.6. The second-order valence-electron chi connectivity index (χ2n) is 7.08. The summed E-state index contributed by atoms with van der Waals surface area (Å²) in [7, 11) is -0.600. The second-order valence-corrected chi connectivity index (χ2v) is 9.98. The van der Waals surface area contributed by atoms with Gasteiger partial charge in [0.2, 0.25) is 0 Å². The molecule has 0 aliphatic carbocycles. The Hall–Kier alpha value is -2.72. The van der Waals surface area contributed by atoms with Crippen LogP contribution in [0.3, 0.4) is 0 Å². The minimum absolute atomic E-state index is 0.0939. The molecule has 0 spiro atoms. The quantitative estimate of drug-likeness (QED) is 0.316. The molecule has 0 saturated carbocycles. The number of hydrogen-bond donors (Lipinski definition) is 3. The van der Waals surface area contributed by atoms with Crippen molar-refractivity contribution in [3.05, 3.63) is 76.3 Å². The highest BCUT2D eigenvalue weighted by Gasteiger charge is 2.15. The lowest BCUT2D eigenvalue weighted by Crippen LogP contribution is -2.30. The highest BCUT2D eigenvalue weighted by atomic mass is 35.5. The van der Waals surface area contributed by atoms with Gasteiger partial charge in [0.15, 0.2) is 16.6 Å². The molecule has 3 aromatic carbocycles. The molecule has 3 N–H and O–H groups in total. The first-order valence-electron chi connectivity index (χ1n) is 10.1. The number of sulfonamides is 1. The normalized spacial score (nSPS) is 10.9. The van der Waals surface area contributed by atoms with E-state index in [9.17, 15) is 8.42 Å². The van der Waals surface area contributed by atoms with E-state index in [0.717, 1.165) is 12.0 Å². The van der Waals surface area contributed by atoms with Crippen LogP contribution in [0.25, 0.3) is 0 Å². The fourth-order valence-corrected chi connectivity index (χ4v) is 4.59. The summed E-state index contributed by atoms with van der Waals surface area (Å²) in [6.45, 7) is 0.599. The zero-order valence-corrected chi connectivity index (χ0v) is 21.5. The van der Waals surface area contributed by atoms with Crippen molar-refractivity contribution in [2.75, 3.05) is 30.8 Å².